The van der Waals surface area contributed by atoms with E-state index in [0.29, 0.717) is 12.3 Å². The Morgan fingerprint density at radius 2 is 1.86 bits per heavy atom. The minimum Gasteiger partial charge on any atom is -0.326 e. The van der Waals surface area contributed by atoms with Crippen molar-refractivity contribution in [2.75, 3.05) is 5.32 Å². The quantitative estimate of drug-likeness (QED) is 0.490. The van der Waals surface area contributed by atoms with Crippen LogP contribution in [0, 0.1) is 5.92 Å². The molecule has 1 amide bonds. The lowest BCUT2D eigenvalue weighted by Gasteiger charge is -2.20. The van der Waals surface area contributed by atoms with Crippen LogP contribution in [0.4, 0.5) is 5.69 Å². The molecule has 1 aliphatic carbocycles. The van der Waals surface area contributed by atoms with Crippen LogP contribution in [0.1, 0.15) is 38.5 Å². The third-order valence-electron chi connectivity index (χ3n) is 5.24. The molecule has 4 rings (SSSR count). The number of hydrogen-bond donors (Lipinski definition) is 1. The first kappa shape index (κ1) is 19.2. The zero-order valence-corrected chi connectivity index (χ0v) is 17.2. The summed E-state index contributed by atoms with van der Waals surface area (Å²) in [7, 11) is 0. The van der Waals surface area contributed by atoms with E-state index in [1.54, 1.807) is 11.3 Å². The summed E-state index contributed by atoms with van der Waals surface area (Å²) in [5.74, 6) is 0.654. The molecule has 28 heavy (non-hydrogen) atoms. The van der Waals surface area contributed by atoms with Crippen LogP contribution in [0.15, 0.2) is 53.9 Å². The molecule has 0 spiro atoms. The van der Waals surface area contributed by atoms with Crippen LogP contribution in [0.3, 0.4) is 0 Å². The minimum atomic E-state index is 0.115. The Labute approximate surface area is 174 Å². The summed E-state index contributed by atoms with van der Waals surface area (Å²) < 4.78 is 0. The van der Waals surface area contributed by atoms with Gasteiger partial charge in [0.2, 0.25) is 5.91 Å². The molecule has 3 nitrogen and oxygen atoms in total. The lowest BCUT2D eigenvalue weighted by Crippen LogP contribution is -2.18. The lowest BCUT2D eigenvalue weighted by molar-refractivity contribution is -0.117. The van der Waals surface area contributed by atoms with Gasteiger partial charge in [-0.05, 0) is 43.0 Å². The maximum atomic E-state index is 12.4. The van der Waals surface area contributed by atoms with Crippen molar-refractivity contribution in [3.63, 3.8) is 0 Å². The summed E-state index contributed by atoms with van der Waals surface area (Å²) in [6, 6.07) is 15.6. The highest BCUT2D eigenvalue weighted by Gasteiger charge is 2.17. The van der Waals surface area contributed by atoms with E-state index in [2.05, 4.69) is 5.32 Å². The second-order valence-corrected chi connectivity index (χ2v) is 8.68. The van der Waals surface area contributed by atoms with Crippen molar-refractivity contribution >= 4 is 34.5 Å². The Morgan fingerprint density at radius 1 is 1.07 bits per heavy atom. The SMILES string of the molecule is O=C(CC1CCCCC1)Nc1cccc(-c2csc(-c3ccc(Cl)cc3)n2)c1. The predicted molar refractivity (Wildman–Crippen MR) is 118 cm³/mol. The van der Waals surface area contributed by atoms with Gasteiger partial charge in [0.05, 0.1) is 5.69 Å². The molecule has 5 heteroatoms. The van der Waals surface area contributed by atoms with Crippen molar-refractivity contribution in [1.29, 1.82) is 0 Å². The van der Waals surface area contributed by atoms with Gasteiger partial charge in [0.1, 0.15) is 5.01 Å². The van der Waals surface area contributed by atoms with Crippen LogP contribution in [0.2, 0.25) is 5.02 Å². The van der Waals surface area contributed by atoms with Gasteiger partial charge in [0, 0.05) is 33.6 Å². The fourth-order valence-corrected chi connectivity index (χ4v) is 4.71. The minimum absolute atomic E-state index is 0.115. The van der Waals surface area contributed by atoms with Gasteiger partial charge >= 0.3 is 0 Å². The maximum absolute atomic E-state index is 12.4. The molecular formula is C23H23ClN2OS. The molecule has 0 atom stereocenters. The van der Waals surface area contributed by atoms with Gasteiger partial charge in [-0.2, -0.15) is 0 Å². The molecule has 1 N–H and O–H groups in total. The van der Waals surface area contributed by atoms with E-state index in [9.17, 15) is 4.79 Å². The van der Waals surface area contributed by atoms with Crippen LogP contribution in [-0.4, -0.2) is 10.9 Å². The fourth-order valence-electron chi connectivity index (χ4n) is 3.75. The molecule has 3 aromatic rings. The maximum Gasteiger partial charge on any atom is 0.224 e. The molecule has 144 valence electrons. The summed E-state index contributed by atoms with van der Waals surface area (Å²) in [6.07, 6.45) is 6.81. The van der Waals surface area contributed by atoms with Gasteiger partial charge in [0.15, 0.2) is 0 Å². The number of aromatic nitrogens is 1. The second kappa shape index (κ2) is 8.89. The number of thiazole rings is 1. The number of benzene rings is 2. The van der Waals surface area contributed by atoms with E-state index >= 15 is 0 Å². The van der Waals surface area contributed by atoms with E-state index in [-0.39, 0.29) is 5.91 Å². The zero-order chi connectivity index (χ0) is 19.3. The zero-order valence-electron chi connectivity index (χ0n) is 15.7. The monoisotopic (exact) mass is 410 g/mol. The third kappa shape index (κ3) is 4.81. The summed E-state index contributed by atoms with van der Waals surface area (Å²) >= 11 is 7.57. The Balaban J connectivity index is 1.45. The highest BCUT2D eigenvalue weighted by Crippen LogP contribution is 2.31. The number of carbonyl (C=O) groups is 1. The number of nitrogens with zero attached hydrogens (tertiary/aromatic N) is 1. The van der Waals surface area contributed by atoms with Crippen LogP contribution in [0.5, 0.6) is 0 Å². The first-order valence-electron chi connectivity index (χ1n) is 9.79. The number of amides is 1. The summed E-state index contributed by atoms with van der Waals surface area (Å²) in [5.41, 5.74) is 3.81. The average Bonchev–Trinajstić information content (AvgIpc) is 3.20. The van der Waals surface area contributed by atoms with Crippen molar-refractivity contribution in [1.82, 2.24) is 4.98 Å². The number of halogens is 1. The summed E-state index contributed by atoms with van der Waals surface area (Å²) in [6.45, 7) is 0. The van der Waals surface area contributed by atoms with Gasteiger partial charge in [-0.15, -0.1) is 11.3 Å². The molecule has 0 radical (unpaired) electrons. The van der Waals surface area contributed by atoms with Crippen LogP contribution >= 0.6 is 22.9 Å². The van der Waals surface area contributed by atoms with E-state index < -0.39 is 0 Å². The smallest absolute Gasteiger partial charge is 0.224 e. The standard InChI is InChI=1S/C23H23ClN2OS/c24-19-11-9-17(10-12-19)23-26-21(15-28-23)18-7-4-8-20(14-18)25-22(27)13-16-5-2-1-3-6-16/h4,7-12,14-16H,1-3,5-6,13H2,(H,25,27). The molecule has 1 aliphatic rings. The highest BCUT2D eigenvalue weighted by atomic mass is 35.5. The second-order valence-electron chi connectivity index (χ2n) is 7.38. The lowest BCUT2D eigenvalue weighted by atomic mass is 9.87. The van der Waals surface area contributed by atoms with Crippen molar-refractivity contribution < 1.29 is 4.79 Å². The number of hydrogen-bond acceptors (Lipinski definition) is 3. The van der Waals surface area contributed by atoms with E-state index in [1.165, 1.54) is 32.1 Å². The molecule has 1 saturated carbocycles. The van der Waals surface area contributed by atoms with Crippen molar-refractivity contribution in [2.45, 2.75) is 38.5 Å². The first-order chi connectivity index (χ1) is 13.7. The van der Waals surface area contributed by atoms with Gasteiger partial charge < -0.3 is 5.32 Å². The molecule has 1 heterocycles. The van der Waals surface area contributed by atoms with Gasteiger partial charge in [-0.1, -0.05) is 55.1 Å². The summed E-state index contributed by atoms with van der Waals surface area (Å²) in [5, 5.41) is 6.79. The molecule has 1 aromatic heterocycles. The molecule has 0 unspecified atom stereocenters. The third-order valence-corrected chi connectivity index (χ3v) is 6.38. The van der Waals surface area contributed by atoms with Crippen LogP contribution in [-0.2, 0) is 4.79 Å². The van der Waals surface area contributed by atoms with Crippen molar-refractivity contribution in [3.05, 3.63) is 58.9 Å². The Hall–Kier alpha value is -2.17. The topological polar surface area (TPSA) is 42.0 Å². The largest absolute Gasteiger partial charge is 0.326 e. The number of anilines is 1. The normalized spacial score (nSPS) is 14.8. The molecular weight excluding hydrogens is 388 g/mol. The number of rotatable bonds is 5. The Kier molecular flexibility index (Phi) is 6.08. The summed E-state index contributed by atoms with van der Waals surface area (Å²) in [4.78, 5) is 17.2. The average molecular weight is 411 g/mol. The first-order valence-corrected chi connectivity index (χ1v) is 11.0. The van der Waals surface area contributed by atoms with Gasteiger partial charge in [-0.25, -0.2) is 4.98 Å². The van der Waals surface area contributed by atoms with Crippen LogP contribution < -0.4 is 5.32 Å². The van der Waals surface area contributed by atoms with Crippen molar-refractivity contribution in [3.8, 4) is 21.8 Å². The molecule has 0 aliphatic heterocycles. The molecule has 2 aromatic carbocycles. The highest BCUT2D eigenvalue weighted by molar-refractivity contribution is 7.13. The molecule has 0 saturated heterocycles. The predicted octanol–water partition coefficient (Wildman–Crippen LogP) is 7.04. The van der Waals surface area contributed by atoms with Gasteiger partial charge in [-0.3, -0.25) is 4.79 Å². The number of nitrogens with one attached hydrogen (secondary N) is 1. The van der Waals surface area contributed by atoms with E-state index in [0.717, 1.165) is 32.5 Å². The van der Waals surface area contributed by atoms with Crippen LogP contribution in [0.25, 0.3) is 21.8 Å². The fraction of sp³-hybridized carbons (Fsp3) is 0.304. The van der Waals surface area contributed by atoms with Gasteiger partial charge in [0.25, 0.3) is 0 Å². The Morgan fingerprint density at radius 3 is 2.64 bits per heavy atom. The van der Waals surface area contributed by atoms with E-state index in [1.807, 2.05) is 53.9 Å². The molecule has 1 fully saturated rings. The van der Waals surface area contributed by atoms with E-state index in [4.69, 9.17) is 16.6 Å². The Bertz CT molecular complexity index is 945. The molecule has 0 bridgehead atoms. The number of carbonyl (C=O) groups excluding carboxylic acids is 1. The van der Waals surface area contributed by atoms with Crippen molar-refractivity contribution in [2.24, 2.45) is 5.92 Å².